The molecule has 5 aliphatic rings. The van der Waals surface area contributed by atoms with Crippen LogP contribution in [0.25, 0.3) is 68.4 Å². The van der Waals surface area contributed by atoms with Gasteiger partial charge in [0.05, 0.1) is 125 Å². The Hall–Kier alpha value is -16.6. The van der Waals surface area contributed by atoms with Crippen molar-refractivity contribution in [2.24, 2.45) is 0 Å². The third kappa shape index (κ3) is 15.4. The number of hydrogen-bond donors (Lipinski definition) is 11. The van der Waals surface area contributed by atoms with Gasteiger partial charge in [0.15, 0.2) is 29.7 Å². The fourth-order valence-electron chi connectivity index (χ4n) is 14.7. The van der Waals surface area contributed by atoms with Crippen molar-refractivity contribution in [2.45, 2.75) is 62.6 Å². The molecule has 121 heavy (non-hydrogen) atoms. The van der Waals surface area contributed by atoms with E-state index in [0.717, 1.165) is 61.5 Å². The maximum atomic E-state index is 11.7. The van der Waals surface area contributed by atoms with Gasteiger partial charge in [-0.25, -0.2) is 47.5 Å². The number of allylic oxidation sites excluding steroid dienone is 8. The Labute approximate surface area is 687 Å². The molecule has 5 unspecified atom stereocenters. The van der Waals surface area contributed by atoms with Crippen molar-refractivity contribution in [1.82, 2.24) is 92.2 Å². The van der Waals surface area contributed by atoms with Crippen molar-refractivity contribution in [2.75, 3.05) is 60.6 Å². The lowest BCUT2D eigenvalue weighted by atomic mass is 9.86. The SMILES string of the molecule is [C-]#[N+]C1=C(/C=C/C(=O)OCC)Nc2[nH]ncc2C1c1cccc2nonc12.[C-]#[N+]C1=C(C(OC)OC)Nc2[nH]ncc2C1c1cccc2nonc12.[C-]#[N+]C1=C(C=O)Nc2[nH]ncc2C1c1cccc2nonc12.[C-]#[N+]C1=C(CCC(=O)OCC)Nc2[nH]ncc2C1c1ccccc1Cl.[C-]#[N+]C1=C(CO)Nc2[nH]ncc2C1c1cccc2nonc12. The van der Waals surface area contributed by atoms with Gasteiger partial charge in [-0.05, 0) is 126 Å². The fourth-order valence-corrected chi connectivity index (χ4v) is 14.9. The lowest BCUT2D eigenvalue weighted by Gasteiger charge is -2.29. The predicted octanol–water partition coefficient (Wildman–Crippen LogP) is 12.6. The van der Waals surface area contributed by atoms with Gasteiger partial charge in [-0.2, -0.15) is 25.5 Å². The monoisotopic (exact) mass is 1640 g/mol. The van der Waals surface area contributed by atoms with E-state index in [2.05, 4.69) is 143 Å². The Morgan fingerprint density at radius 2 is 0.818 bits per heavy atom. The number of hydrogen-bond acceptors (Lipinski definition) is 30. The second-order valence-electron chi connectivity index (χ2n) is 26.4. The molecule has 0 fully saturated rings. The van der Waals surface area contributed by atoms with E-state index in [0.29, 0.717) is 143 Å². The van der Waals surface area contributed by atoms with E-state index in [1.807, 2.05) is 72.8 Å². The molecule has 0 aliphatic carbocycles. The van der Waals surface area contributed by atoms with Gasteiger partial charge in [-0.15, -0.1) is 0 Å². The van der Waals surface area contributed by atoms with Crippen molar-refractivity contribution < 1.29 is 57.0 Å². The summed E-state index contributed by atoms with van der Waals surface area (Å²) in [5, 5.41) is 91.4. The number of halogens is 1. The number of nitrogens with zero attached hydrogens (tertiary/aromatic N) is 18. The largest absolute Gasteiger partial charge is 0.466 e. The van der Waals surface area contributed by atoms with Gasteiger partial charge in [0.1, 0.15) is 73.2 Å². The highest BCUT2D eigenvalue weighted by Gasteiger charge is 2.40. The molecule has 5 atom stereocenters. The Morgan fingerprint density at radius 1 is 0.455 bits per heavy atom. The minimum Gasteiger partial charge on any atom is -0.466 e. The van der Waals surface area contributed by atoms with Crippen LogP contribution in [0.4, 0.5) is 29.1 Å². The second kappa shape index (κ2) is 35.7. The normalized spacial score (nSPS) is 16.6. The van der Waals surface area contributed by atoms with E-state index in [1.165, 1.54) is 26.4 Å². The Morgan fingerprint density at radius 3 is 1.22 bits per heavy atom. The summed E-state index contributed by atoms with van der Waals surface area (Å²) in [7, 11) is 3.04. The van der Waals surface area contributed by atoms with Crippen LogP contribution >= 0.6 is 11.6 Å². The van der Waals surface area contributed by atoms with Crippen LogP contribution < -0.4 is 26.6 Å². The van der Waals surface area contributed by atoms with Crippen molar-refractivity contribution in [3.05, 3.63) is 315 Å². The van der Waals surface area contributed by atoms with Gasteiger partial charge in [-0.1, -0.05) is 78.3 Å². The summed E-state index contributed by atoms with van der Waals surface area (Å²) < 4.78 is 39.9. The molecule has 5 aliphatic heterocycles. The van der Waals surface area contributed by atoms with Crippen LogP contribution in [0.15, 0.2) is 216 Å². The average Bonchev–Trinajstić information content (AvgIpc) is 1.70. The van der Waals surface area contributed by atoms with Crippen molar-refractivity contribution in [1.29, 1.82) is 0 Å². The lowest BCUT2D eigenvalue weighted by Crippen LogP contribution is -2.28. The van der Waals surface area contributed by atoms with E-state index in [-0.39, 0.29) is 43.1 Å². The van der Waals surface area contributed by atoms with Crippen LogP contribution in [0.2, 0.25) is 5.02 Å². The van der Waals surface area contributed by atoms with E-state index < -0.39 is 30.0 Å². The molecule has 5 aromatic carbocycles. The first-order valence-corrected chi connectivity index (χ1v) is 37.0. The Bertz CT molecular complexity index is 6720. The fraction of sp³-hybridized carbons (Fsp3) is 0.188. The zero-order valence-corrected chi connectivity index (χ0v) is 64.5. The predicted molar refractivity (Wildman–Crippen MR) is 430 cm³/mol. The molecular formula is C80H63ClN28O12. The van der Waals surface area contributed by atoms with Crippen LogP contribution in [-0.2, 0) is 33.3 Å². The summed E-state index contributed by atoms with van der Waals surface area (Å²) in [6, 6.07) is 29.4. The molecular weight excluding hydrogens is 1580 g/mol. The zero-order valence-electron chi connectivity index (χ0n) is 63.7. The van der Waals surface area contributed by atoms with Crippen molar-refractivity contribution in [3.63, 3.8) is 0 Å². The summed E-state index contributed by atoms with van der Waals surface area (Å²) in [5.74, 6) is 0.535. The number of anilines is 5. The van der Waals surface area contributed by atoms with Gasteiger partial charge in [-0.3, -0.25) is 35.1 Å². The molecule has 14 aromatic rings. The molecule has 0 radical (unpaired) electrons. The summed E-state index contributed by atoms with van der Waals surface area (Å²) in [5.41, 5.74) is 17.2. The highest BCUT2D eigenvalue weighted by molar-refractivity contribution is 6.31. The number of aromatic amines is 5. The van der Waals surface area contributed by atoms with Crippen LogP contribution in [0.3, 0.4) is 0 Å². The number of methoxy groups -OCH3 is 2. The Balaban J connectivity index is 0.000000118. The van der Waals surface area contributed by atoms with E-state index >= 15 is 0 Å². The first-order valence-electron chi connectivity index (χ1n) is 36.6. The average molecular weight is 1640 g/mol. The van der Waals surface area contributed by atoms with Crippen LogP contribution in [0.5, 0.6) is 0 Å². The number of aromatic nitrogens is 18. The molecule has 0 amide bonds. The van der Waals surface area contributed by atoms with Gasteiger partial charge in [0.2, 0.25) is 11.4 Å². The maximum Gasteiger partial charge on any atom is 0.330 e. The number of carbonyl (C=O) groups excluding carboxylic acids is 3. The topological polar surface area (TPSA) is 489 Å². The van der Waals surface area contributed by atoms with Crippen LogP contribution in [0, 0.1) is 32.9 Å². The third-order valence-electron chi connectivity index (χ3n) is 19.9. The lowest BCUT2D eigenvalue weighted by molar-refractivity contribution is -0.143. The molecule has 0 saturated heterocycles. The van der Waals surface area contributed by atoms with Gasteiger partial charge >= 0.3 is 11.9 Å². The highest BCUT2D eigenvalue weighted by atomic mass is 35.5. The molecule has 602 valence electrons. The second-order valence-corrected chi connectivity index (χ2v) is 26.8. The summed E-state index contributed by atoms with van der Waals surface area (Å²) in [4.78, 5) is 53.1. The number of nitrogens with one attached hydrogen (secondary N) is 10. The number of carbonyl (C=O) groups is 3. The number of esters is 2. The van der Waals surface area contributed by atoms with E-state index in [9.17, 15) is 19.5 Å². The number of benzene rings is 5. The van der Waals surface area contributed by atoms with E-state index in [4.69, 9.17) is 81.9 Å². The summed E-state index contributed by atoms with van der Waals surface area (Å²) >= 11 is 6.38. The number of aliphatic hydroxyl groups is 1. The third-order valence-corrected chi connectivity index (χ3v) is 20.2. The van der Waals surface area contributed by atoms with Gasteiger partial charge in [0, 0.05) is 76.6 Å². The standard InChI is InChI=1S/C18H17ClN4O2.C18H14N6O3.C16H14N6O3.C14H10N6O2.C14H8N6O2/c1-3-25-15(24)9-8-14-17(20-2)16(11-6-4-5-7-13(11)19)12-10-21-23-18(12)22-14;1-3-26-14(25)8-7-12-17(19-2)15(11-9-20-22-18(11)21-12)10-5-4-6-13-16(10)24-27-23-13;1-17-13-11(8-5-4-6-10-12(8)22-25-21-10)9-7-18-20-15(9)19-14(13)16(23-2)24-3;2*1-15-13-10(6-21)17-14-8(5-16-18-14)11(13)7-3-2-4-9-12(7)20-22-19-9/h4-7,10,16H,3,8-9H2,1H3,(H2,21,22,23);4-9,15H,3H2,1H3,(H2,20,21,22);4-7,11,16H,2-3H3,(H2,18,19,20);2-5,11,21H,6H2,(H2,16,17,18);2-6,11H,(H2,16,17,18)/b;8-7+;;;. The number of fused-ring (bicyclic) bond motifs is 9. The first kappa shape index (κ1) is 79.6. The van der Waals surface area contributed by atoms with Crippen LogP contribution in [-0.4, -0.2) is 156 Å². The first-order chi connectivity index (χ1) is 59.3. The highest BCUT2D eigenvalue weighted by Crippen LogP contribution is 2.49. The quantitative estimate of drug-likeness (QED) is 0.0133. The van der Waals surface area contributed by atoms with Crippen molar-refractivity contribution in [3.8, 4) is 0 Å². The van der Waals surface area contributed by atoms with Crippen molar-refractivity contribution >= 4 is 103 Å². The molecule has 0 spiro atoms. The molecule has 0 bridgehead atoms. The molecule has 14 heterocycles. The molecule has 11 N–H and O–H groups in total. The van der Waals surface area contributed by atoms with E-state index in [1.54, 1.807) is 69.1 Å². The summed E-state index contributed by atoms with van der Waals surface area (Å²) in [6.45, 7) is 42.0. The summed E-state index contributed by atoms with van der Waals surface area (Å²) in [6.07, 6.45) is 11.7. The smallest absolute Gasteiger partial charge is 0.330 e. The number of aldehydes is 1. The minimum atomic E-state index is -0.710. The minimum absolute atomic E-state index is 0.202. The molecule has 19 rings (SSSR count). The number of ether oxygens (including phenoxy) is 4. The maximum absolute atomic E-state index is 11.7. The van der Waals surface area contributed by atoms with Gasteiger partial charge in [0.25, 0.3) is 0 Å². The number of rotatable bonds is 17. The molecule has 0 saturated carbocycles. The van der Waals surface area contributed by atoms with Crippen LogP contribution in [0.1, 0.15) is 112 Å². The molecule has 40 nitrogen and oxygen atoms in total. The zero-order chi connectivity index (χ0) is 84.2. The molecule has 9 aromatic heterocycles. The molecule has 41 heteroatoms. The van der Waals surface area contributed by atoms with Gasteiger partial charge < -0.3 is 50.6 Å². The number of aliphatic hydroxyl groups excluding tert-OH is 1. The Kier molecular flexibility index (Phi) is 23.5. The number of H-pyrrole nitrogens is 5.